The van der Waals surface area contributed by atoms with Crippen LogP contribution >= 0.6 is 0 Å². The average Bonchev–Trinajstić information content (AvgIpc) is 2.96. The molecule has 1 N–H and O–H groups in total. The first-order valence-electron chi connectivity index (χ1n) is 11.7. The van der Waals surface area contributed by atoms with E-state index in [0.29, 0.717) is 23.6 Å². The standard InChI is InChI=1S/C29H28N4O4/c1-36-24-13-11-23(12-14-24)27(28(34)32-18-21-7-4-3-5-8-21)33(29(35)26-19-30-15-16-31-26)20-22-9-6-10-25(17-22)37-2/h3-17,19,27H,18,20H2,1-2H3,(H,32,34)/t27-/m1/s1. The number of nitrogens with zero attached hydrogens (tertiary/aromatic N) is 3. The fourth-order valence-electron chi connectivity index (χ4n) is 3.95. The van der Waals surface area contributed by atoms with Gasteiger partial charge in [0.05, 0.1) is 20.4 Å². The lowest BCUT2D eigenvalue weighted by Crippen LogP contribution is -2.43. The number of amides is 2. The van der Waals surface area contributed by atoms with Gasteiger partial charge >= 0.3 is 0 Å². The van der Waals surface area contributed by atoms with Gasteiger partial charge in [-0.15, -0.1) is 0 Å². The summed E-state index contributed by atoms with van der Waals surface area (Å²) < 4.78 is 10.7. The van der Waals surface area contributed by atoms with Gasteiger partial charge in [0, 0.05) is 25.5 Å². The van der Waals surface area contributed by atoms with Gasteiger partial charge in [0.15, 0.2) is 0 Å². The summed E-state index contributed by atoms with van der Waals surface area (Å²) in [5.41, 5.74) is 2.51. The summed E-state index contributed by atoms with van der Waals surface area (Å²) in [7, 11) is 3.16. The van der Waals surface area contributed by atoms with Crippen LogP contribution in [0.4, 0.5) is 0 Å². The molecule has 1 heterocycles. The molecule has 0 fully saturated rings. The van der Waals surface area contributed by atoms with Gasteiger partial charge in [0.25, 0.3) is 5.91 Å². The second-order valence-corrected chi connectivity index (χ2v) is 8.25. The van der Waals surface area contributed by atoms with Gasteiger partial charge in [-0.05, 0) is 41.0 Å². The number of benzene rings is 3. The van der Waals surface area contributed by atoms with Crippen LogP contribution in [0.1, 0.15) is 33.2 Å². The second kappa shape index (κ2) is 12.3. The molecule has 0 bridgehead atoms. The van der Waals surface area contributed by atoms with E-state index >= 15 is 0 Å². The number of ether oxygens (including phenoxy) is 2. The quantitative estimate of drug-likeness (QED) is 0.354. The number of carbonyl (C=O) groups is 2. The Morgan fingerprint density at radius 3 is 2.27 bits per heavy atom. The Balaban J connectivity index is 1.74. The van der Waals surface area contributed by atoms with Crippen molar-refractivity contribution in [2.45, 2.75) is 19.1 Å². The molecule has 4 aromatic rings. The predicted octanol–water partition coefficient (Wildman–Crippen LogP) is 4.19. The molecule has 1 aromatic heterocycles. The predicted molar refractivity (Wildman–Crippen MR) is 139 cm³/mol. The number of hydrogen-bond donors (Lipinski definition) is 1. The van der Waals surface area contributed by atoms with E-state index in [1.165, 1.54) is 23.5 Å². The highest BCUT2D eigenvalue weighted by Gasteiger charge is 2.33. The summed E-state index contributed by atoms with van der Waals surface area (Å²) in [6, 6.07) is 23.2. The van der Waals surface area contributed by atoms with Gasteiger partial charge in [-0.2, -0.15) is 0 Å². The molecule has 1 atom stereocenters. The Labute approximate surface area is 215 Å². The van der Waals surface area contributed by atoms with Crippen molar-refractivity contribution in [3.63, 3.8) is 0 Å². The zero-order valence-electron chi connectivity index (χ0n) is 20.7. The molecule has 3 aromatic carbocycles. The minimum Gasteiger partial charge on any atom is -0.497 e. The van der Waals surface area contributed by atoms with Gasteiger partial charge in [-0.1, -0.05) is 54.6 Å². The van der Waals surface area contributed by atoms with Crippen LogP contribution < -0.4 is 14.8 Å². The van der Waals surface area contributed by atoms with Crippen LogP contribution in [0.3, 0.4) is 0 Å². The lowest BCUT2D eigenvalue weighted by Gasteiger charge is -2.31. The minimum atomic E-state index is -0.949. The molecule has 188 valence electrons. The number of hydrogen-bond acceptors (Lipinski definition) is 6. The van der Waals surface area contributed by atoms with E-state index in [1.54, 1.807) is 38.5 Å². The van der Waals surface area contributed by atoms with Crippen molar-refractivity contribution in [1.82, 2.24) is 20.2 Å². The topological polar surface area (TPSA) is 93.7 Å². The second-order valence-electron chi connectivity index (χ2n) is 8.25. The summed E-state index contributed by atoms with van der Waals surface area (Å²) in [5.74, 6) is 0.548. The zero-order chi connectivity index (χ0) is 26.0. The Morgan fingerprint density at radius 2 is 1.59 bits per heavy atom. The number of nitrogens with one attached hydrogen (secondary N) is 1. The maximum atomic E-state index is 13.8. The molecule has 8 heteroatoms. The van der Waals surface area contributed by atoms with Crippen LogP contribution in [0.2, 0.25) is 0 Å². The van der Waals surface area contributed by atoms with E-state index < -0.39 is 11.9 Å². The number of carbonyl (C=O) groups excluding carboxylic acids is 2. The van der Waals surface area contributed by atoms with E-state index in [0.717, 1.165) is 11.1 Å². The third kappa shape index (κ3) is 6.49. The summed E-state index contributed by atoms with van der Waals surface area (Å²) in [5, 5.41) is 3.00. The molecular weight excluding hydrogens is 468 g/mol. The summed E-state index contributed by atoms with van der Waals surface area (Å²) in [4.78, 5) is 37.3. The third-order valence-electron chi connectivity index (χ3n) is 5.83. The highest BCUT2D eigenvalue weighted by molar-refractivity contribution is 5.96. The Bertz CT molecular complexity index is 1310. The van der Waals surface area contributed by atoms with E-state index in [9.17, 15) is 9.59 Å². The van der Waals surface area contributed by atoms with E-state index in [4.69, 9.17) is 9.47 Å². The number of aromatic nitrogens is 2. The molecule has 2 amide bonds. The molecule has 0 saturated carbocycles. The molecule has 0 aliphatic heterocycles. The molecule has 0 spiro atoms. The molecule has 0 radical (unpaired) electrons. The van der Waals surface area contributed by atoms with Crippen LogP contribution in [0.15, 0.2) is 97.5 Å². The van der Waals surface area contributed by atoms with Gasteiger partial charge < -0.3 is 19.7 Å². The normalized spacial score (nSPS) is 11.3. The monoisotopic (exact) mass is 496 g/mol. The molecule has 0 saturated heterocycles. The summed E-state index contributed by atoms with van der Waals surface area (Å²) in [6.07, 6.45) is 4.35. The van der Waals surface area contributed by atoms with Gasteiger partial charge in [-0.3, -0.25) is 14.6 Å². The first kappa shape index (κ1) is 25.4. The first-order chi connectivity index (χ1) is 18.1. The first-order valence-corrected chi connectivity index (χ1v) is 11.7. The van der Waals surface area contributed by atoms with Crippen LogP contribution in [0.5, 0.6) is 11.5 Å². The highest BCUT2D eigenvalue weighted by Crippen LogP contribution is 2.28. The molecule has 0 unspecified atom stereocenters. The minimum absolute atomic E-state index is 0.139. The maximum absolute atomic E-state index is 13.8. The fourth-order valence-corrected chi connectivity index (χ4v) is 3.95. The zero-order valence-corrected chi connectivity index (χ0v) is 20.7. The molecule has 0 aliphatic carbocycles. The van der Waals surface area contributed by atoms with Crippen LogP contribution in [0, 0.1) is 0 Å². The SMILES string of the molecule is COc1ccc([C@H](C(=O)NCc2ccccc2)N(Cc2cccc(OC)c2)C(=O)c2cnccn2)cc1. The van der Waals surface area contributed by atoms with Gasteiger partial charge in [0.2, 0.25) is 5.91 Å². The molecule has 0 aliphatic rings. The van der Waals surface area contributed by atoms with Crippen molar-refractivity contribution in [3.05, 3.63) is 120 Å². The van der Waals surface area contributed by atoms with Crippen LogP contribution in [0.25, 0.3) is 0 Å². The number of rotatable bonds is 10. The van der Waals surface area contributed by atoms with E-state index in [1.807, 2.05) is 54.6 Å². The van der Waals surface area contributed by atoms with E-state index in [-0.39, 0.29) is 18.1 Å². The lowest BCUT2D eigenvalue weighted by atomic mass is 10.0. The molecule has 8 nitrogen and oxygen atoms in total. The number of methoxy groups -OCH3 is 2. The fraction of sp³-hybridized carbons (Fsp3) is 0.172. The Morgan fingerprint density at radius 1 is 0.865 bits per heavy atom. The van der Waals surface area contributed by atoms with Gasteiger partial charge in [0.1, 0.15) is 23.2 Å². The maximum Gasteiger partial charge on any atom is 0.275 e. The van der Waals surface area contributed by atoms with E-state index in [2.05, 4.69) is 15.3 Å². The third-order valence-corrected chi connectivity index (χ3v) is 5.83. The van der Waals surface area contributed by atoms with Crippen molar-refractivity contribution in [1.29, 1.82) is 0 Å². The summed E-state index contributed by atoms with van der Waals surface area (Å²) in [6.45, 7) is 0.459. The van der Waals surface area contributed by atoms with Crippen molar-refractivity contribution in [2.75, 3.05) is 14.2 Å². The highest BCUT2D eigenvalue weighted by atomic mass is 16.5. The summed E-state index contributed by atoms with van der Waals surface area (Å²) >= 11 is 0. The van der Waals surface area contributed by atoms with Crippen LogP contribution in [-0.2, 0) is 17.9 Å². The molecular formula is C29H28N4O4. The molecule has 4 rings (SSSR count). The largest absolute Gasteiger partial charge is 0.497 e. The Kier molecular flexibility index (Phi) is 8.44. The van der Waals surface area contributed by atoms with Crippen molar-refractivity contribution >= 4 is 11.8 Å². The molecule has 37 heavy (non-hydrogen) atoms. The van der Waals surface area contributed by atoms with Gasteiger partial charge in [-0.25, -0.2) is 4.98 Å². The smallest absolute Gasteiger partial charge is 0.275 e. The lowest BCUT2D eigenvalue weighted by molar-refractivity contribution is -0.126. The van der Waals surface area contributed by atoms with Crippen molar-refractivity contribution in [3.8, 4) is 11.5 Å². The van der Waals surface area contributed by atoms with Crippen molar-refractivity contribution < 1.29 is 19.1 Å². The van der Waals surface area contributed by atoms with Crippen LogP contribution in [-0.4, -0.2) is 40.9 Å². The Hall–Kier alpha value is -4.72. The van der Waals surface area contributed by atoms with Crippen molar-refractivity contribution in [2.24, 2.45) is 0 Å². The average molecular weight is 497 g/mol.